The van der Waals surface area contributed by atoms with Crippen molar-refractivity contribution in [2.45, 2.75) is 13.5 Å². The molecule has 0 aliphatic carbocycles. The normalized spacial score (nSPS) is 12.0. The van der Waals surface area contributed by atoms with Crippen molar-refractivity contribution < 1.29 is 24.0 Å². The van der Waals surface area contributed by atoms with E-state index >= 15 is 0 Å². The van der Waals surface area contributed by atoms with Crippen molar-refractivity contribution >= 4 is 55.8 Å². The number of ether oxygens (including phenoxy) is 2. The van der Waals surface area contributed by atoms with Crippen LogP contribution in [0.5, 0.6) is 0 Å². The fraction of sp³-hybridized carbons (Fsp3) is 0.250. The summed E-state index contributed by atoms with van der Waals surface area (Å²) in [7, 11) is 1.32. The van der Waals surface area contributed by atoms with Gasteiger partial charge in [0.25, 0.3) is 5.91 Å². The first-order valence-electron chi connectivity index (χ1n) is 9.23. The molecule has 0 spiro atoms. The first kappa shape index (κ1) is 22.5. The average molecular weight is 462 g/mol. The average Bonchev–Trinajstić information content (AvgIpc) is 3.36. The molecule has 31 heavy (non-hydrogen) atoms. The standard InChI is InChI=1S/C20H19N3O6S2/c1-3-29-11-10-22-15-7-4-13(19(25)28-2)12-16(15)31-20(22)21-17(24)8-5-14-6-9-18(30-14)23(26)27/h4-9,12H,3,10-11H2,1-2H3/b8-5-,21-20?. The first-order chi connectivity index (χ1) is 14.9. The number of nitro groups is 1. The lowest BCUT2D eigenvalue weighted by atomic mass is 10.2. The molecule has 0 atom stereocenters. The smallest absolute Gasteiger partial charge is 0.337 e. The molecule has 0 saturated carbocycles. The highest BCUT2D eigenvalue weighted by Crippen LogP contribution is 2.25. The molecular weight excluding hydrogens is 442 g/mol. The Morgan fingerprint density at radius 1 is 1.26 bits per heavy atom. The van der Waals surface area contributed by atoms with Crippen LogP contribution in [0.3, 0.4) is 0 Å². The molecule has 2 aromatic heterocycles. The fourth-order valence-electron chi connectivity index (χ4n) is 2.73. The maximum atomic E-state index is 12.4. The molecule has 1 amide bonds. The number of amides is 1. The van der Waals surface area contributed by atoms with E-state index in [2.05, 4.69) is 4.99 Å². The Kier molecular flexibility index (Phi) is 7.45. The number of thiophene rings is 1. The van der Waals surface area contributed by atoms with Gasteiger partial charge < -0.3 is 14.0 Å². The molecule has 0 fully saturated rings. The van der Waals surface area contributed by atoms with Crippen LogP contribution < -0.4 is 4.80 Å². The molecule has 0 saturated heterocycles. The molecule has 3 aromatic rings. The number of hydrogen-bond donors (Lipinski definition) is 0. The third kappa shape index (κ3) is 5.51. The van der Waals surface area contributed by atoms with Gasteiger partial charge in [-0.3, -0.25) is 14.9 Å². The quantitative estimate of drug-likeness (QED) is 0.166. The number of esters is 1. The van der Waals surface area contributed by atoms with Gasteiger partial charge in [-0.05, 0) is 37.3 Å². The second-order valence-corrected chi connectivity index (χ2v) is 8.23. The van der Waals surface area contributed by atoms with Crippen LogP contribution in [0, 0.1) is 10.1 Å². The summed E-state index contributed by atoms with van der Waals surface area (Å²) < 4.78 is 12.8. The molecule has 3 rings (SSSR count). The van der Waals surface area contributed by atoms with Crippen LogP contribution in [0.1, 0.15) is 22.2 Å². The number of methoxy groups -OCH3 is 1. The van der Waals surface area contributed by atoms with E-state index in [-0.39, 0.29) is 5.00 Å². The van der Waals surface area contributed by atoms with Gasteiger partial charge in [0.1, 0.15) is 0 Å². The Morgan fingerprint density at radius 2 is 2.06 bits per heavy atom. The van der Waals surface area contributed by atoms with Crippen molar-refractivity contribution in [3.63, 3.8) is 0 Å². The summed E-state index contributed by atoms with van der Waals surface area (Å²) in [6.45, 7) is 3.39. The summed E-state index contributed by atoms with van der Waals surface area (Å²) in [4.78, 5) is 39.8. The van der Waals surface area contributed by atoms with E-state index in [9.17, 15) is 19.7 Å². The molecule has 0 bridgehead atoms. The lowest BCUT2D eigenvalue weighted by molar-refractivity contribution is -0.380. The zero-order valence-electron chi connectivity index (χ0n) is 16.8. The predicted octanol–water partition coefficient (Wildman–Crippen LogP) is 3.64. The number of thiazole rings is 1. The number of carbonyl (C=O) groups excluding carboxylic acids is 2. The van der Waals surface area contributed by atoms with Crippen molar-refractivity contribution in [2.24, 2.45) is 4.99 Å². The lowest BCUT2D eigenvalue weighted by Gasteiger charge is -2.05. The number of aromatic nitrogens is 1. The van der Waals surface area contributed by atoms with Crippen molar-refractivity contribution in [1.82, 2.24) is 4.57 Å². The van der Waals surface area contributed by atoms with Crippen LogP contribution in [-0.2, 0) is 20.8 Å². The van der Waals surface area contributed by atoms with Gasteiger partial charge >= 0.3 is 11.0 Å². The van der Waals surface area contributed by atoms with E-state index in [1.165, 1.54) is 36.7 Å². The van der Waals surface area contributed by atoms with E-state index in [0.717, 1.165) is 21.6 Å². The van der Waals surface area contributed by atoms with E-state index in [0.29, 0.717) is 35.0 Å². The minimum Gasteiger partial charge on any atom is -0.465 e. The Morgan fingerprint density at radius 3 is 2.74 bits per heavy atom. The molecule has 0 aliphatic rings. The zero-order valence-corrected chi connectivity index (χ0v) is 18.4. The third-order valence-electron chi connectivity index (χ3n) is 4.16. The topological polar surface area (TPSA) is 113 Å². The Labute approximate surface area is 185 Å². The second kappa shape index (κ2) is 10.2. The minimum absolute atomic E-state index is 0.00344. The van der Waals surface area contributed by atoms with Gasteiger partial charge in [0.15, 0.2) is 4.80 Å². The van der Waals surface area contributed by atoms with Gasteiger partial charge in [-0.25, -0.2) is 4.79 Å². The predicted molar refractivity (Wildman–Crippen MR) is 118 cm³/mol. The lowest BCUT2D eigenvalue weighted by Crippen LogP contribution is -2.19. The van der Waals surface area contributed by atoms with Crippen LogP contribution >= 0.6 is 22.7 Å². The molecule has 162 valence electrons. The monoisotopic (exact) mass is 461 g/mol. The van der Waals surface area contributed by atoms with Crippen LogP contribution in [0.2, 0.25) is 0 Å². The molecule has 9 nitrogen and oxygen atoms in total. The number of fused-ring (bicyclic) bond motifs is 1. The Hall–Kier alpha value is -3.15. The van der Waals surface area contributed by atoms with Gasteiger partial charge in [-0.15, -0.1) is 0 Å². The second-order valence-electron chi connectivity index (χ2n) is 6.12. The fourth-order valence-corrected chi connectivity index (χ4v) is 4.56. The van der Waals surface area contributed by atoms with Crippen molar-refractivity contribution in [3.05, 3.63) is 61.8 Å². The van der Waals surface area contributed by atoms with E-state index in [1.807, 2.05) is 11.5 Å². The van der Waals surface area contributed by atoms with Crippen LogP contribution in [0.4, 0.5) is 5.00 Å². The summed E-state index contributed by atoms with van der Waals surface area (Å²) >= 11 is 2.25. The summed E-state index contributed by atoms with van der Waals surface area (Å²) in [6, 6.07) is 8.11. The number of nitrogens with zero attached hydrogens (tertiary/aromatic N) is 3. The Balaban J connectivity index is 1.94. The molecule has 0 unspecified atom stereocenters. The molecule has 11 heteroatoms. The summed E-state index contributed by atoms with van der Waals surface area (Å²) in [5.41, 5.74) is 1.23. The third-order valence-corrected chi connectivity index (χ3v) is 6.20. The number of benzene rings is 1. The molecule has 0 radical (unpaired) electrons. The maximum Gasteiger partial charge on any atom is 0.337 e. The molecule has 0 N–H and O–H groups in total. The highest BCUT2D eigenvalue weighted by atomic mass is 32.1. The Bertz CT molecular complexity index is 1220. The maximum absolute atomic E-state index is 12.4. The zero-order chi connectivity index (χ0) is 22.4. The van der Waals surface area contributed by atoms with Crippen LogP contribution in [0.15, 0.2) is 41.4 Å². The van der Waals surface area contributed by atoms with E-state index in [1.54, 1.807) is 24.3 Å². The van der Waals surface area contributed by atoms with E-state index in [4.69, 9.17) is 9.47 Å². The van der Waals surface area contributed by atoms with Gasteiger partial charge in [-0.2, -0.15) is 4.99 Å². The summed E-state index contributed by atoms with van der Waals surface area (Å²) in [5.74, 6) is -0.945. The van der Waals surface area contributed by atoms with Gasteiger partial charge in [0, 0.05) is 30.2 Å². The van der Waals surface area contributed by atoms with Crippen molar-refractivity contribution in [1.29, 1.82) is 0 Å². The molecular formula is C20H19N3O6S2. The highest BCUT2D eigenvalue weighted by Gasteiger charge is 2.12. The first-order valence-corrected chi connectivity index (χ1v) is 10.9. The molecule has 1 aromatic carbocycles. The van der Waals surface area contributed by atoms with Crippen molar-refractivity contribution in [3.8, 4) is 0 Å². The number of carbonyl (C=O) groups is 2. The SMILES string of the molecule is CCOCCn1c(=NC(=O)/C=C\c2ccc([N+](=O)[O-])s2)sc2cc(C(=O)OC)ccc21. The van der Waals surface area contributed by atoms with Gasteiger partial charge in [-0.1, -0.05) is 22.7 Å². The molecule has 2 heterocycles. The minimum atomic E-state index is -0.499. The van der Waals surface area contributed by atoms with Gasteiger partial charge in [0.2, 0.25) is 0 Å². The van der Waals surface area contributed by atoms with Crippen molar-refractivity contribution in [2.75, 3.05) is 20.3 Å². The number of rotatable bonds is 8. The largest absolute Gasteiger partial charge is 0.465 e. The van der Waals surface area contributed by atoms with E-state index < -0.39 is 16.8 Å². The number of hydrogen-bond acceptors (Lipinski definition) is 8. The van der Waals surface area contributed by atoms with Crippen LogP contribution in [-0.4, -0.2) is 41.7 Å². The summed E-state index contributed by atoms with van der Waals surface area (Å²) in [6.07, 6.45) is 2.77. The highest BCUT2D eigenvalue weighted by molar-refractivity contribution is 7.16. The summed E-state index contributed by atoms with van der Waals surface area (Å²) in [5, 5.41) is 10.8. The molecule has 0 aliphatic heterocycles. The van der Waals surface area contributed by atoms with Gasteiger partial charge in [0.05, 0.1) is 34.4 Å². The van der Waals surface area contributed by atoms with Crippen LogP contribution in [0.25, 0.3) is 16.3 Å².